The highest BCUT2D eigenvalue weighted by Gasteiger charge is 2.31. The molecular weight excluding hydrogens is 393 g/mol. The molecule has 0 aliphatic heterocycles. The van der Waals surface area contributed by atoms with Crippen LogP contribution in [-0.4, -0.2) is 22.1 Å². The summed E-state index contributed by atoms with van der Waals surface area (Å²) in [7, 11) is 1.49. The minimum atomic E-state index is -4.45. The number of hydrogen-bond acceptors (Lipinski definition) is 4. The van der Waals surface area contributed by atoms with E-state index in [9.17, 15) is 13.2 Å². The number of nitrogens with zero attached hydrogens (tertiary/aromatic N) is 2. The highest BCUT2D eigenvalue weighted by atomic mass is 19.4. The van der Waals surface area contributed by atoms with Crippen LogP contribution in [0.5, 0.6) is 5.88 Å². The van der Waals surface area contributed by atoms with Crippen molar-refractivity contribution in [2.75, 3.05) is 7.11 Å². The van der Waals surface area contributed by atoms with Crippen molar-refractivity contribution in [1.82, 2.24) is 15.0 Å². The second-order valence-electron chi connectivity index (χ2n) is 6.83. The largest absolute Gasteiger partial charge is 0.481 e. The van der Waals surface area contributed by atoms with Crippen LogP contribution in [0.2, 0.25) is 0 Å². The molecule has 1 aromatic carbocycles. The van der Waals surface area contributed by atoms with Gasteiger partial charge in [-0.2, -0.15) is 13.2 Å². The van der Waals surface area contributed by atoms with Crippen LogP contribution in [0.1, 0.15) is 22.3 Å². The maximum atomic E-state index is 13.2. The number of methoxy groups -OCH3 is 1. The Labute approximate surface area is 170 Å². The van der Waals surface area contributed by atoms with Crippen LogP contribution in [-0.2, 0) is 19.1 Å². The van der Waals surface area contributed by atoms with Gasteiger partial charge in [0.25, 0.3) is 0 Å². The fourth-order valence-electron chi connectivity index (χ4n) is 3.46. The third-order valence-corrected chi connectivity index (χ3v) is 4.98. The van der Waals surface area contributed by atoms with Crippen molar-refractivity contribution < 1.29 is 17.9 Å². The van der Waals surface area contributed by atoms with Crippen molar-refractivity contribution in [3.8, 4) is 17.1 Å². The Morgan fingerprint density at radius 3 is 2.60 bits per heavy atom. The fourth-order valence-corrected chi connectivity index (χ4v) is 3.46. The molecule has 0 radical (unpaired) electrons. The number of H-pyrrole nitrogens is 1. The van der Waals surface area contributed by atoms with Crippen LogP contribution in [0.15, 0.2) is 54.9 Å². The van der Waals surface area contributed by atoms with Gasteiger partial charge in [0, 0.05) is 41.9 Å². The zero-order valence-corrected chi connectivity index (χ0v) is 16.1. The topological polar surface area (TPSA) is 76.8 Å². The molecule has 0 aliphatic carbocycles. The van der Waals surface area contributed by atoms with Crippen LogP contribution in [0.3, 0.4) is 0 Å². The predicted octanol–water partition coefficient (Wildman–Crippen LogP) is 4.70. The quantitative estimate of drug-likeness (QED) is 0.498. The second-order valence-corrected chi connectivity index (χ2v) is 6.83. The van der Waals surface area contributed by atoms with Crippen LogP contribution in [0.4, 0.5) is 13.2 Å². The highest BCUT2D eigenvalue weighted by molar-refractivity contribution is 5.80. The van der Waals surface area contributed by atoms with Gasteiger partial charge in [0.05, 0.1) is 18.4 Å². The maximum Gasteiger partial charge on any atom is 0.416 e. The molecule has 0 spiro atoms. The van der Waals surface area contributed by atoms with E-state index in [2.05, 4.69) is 15.0 Å². The van der Waals surface area contributed by atoms with Crippen molar-refractivity contribution in [2.45, 2.75) is 19.1 Å². The highest BCUT2D eigenvalue weighted by Crippen LogP contribution is 2.35. The molecule has 0 aliphatic rings. The first-order chi connectivity index (χ1) is 14.4. The summed E-state index contributed by atoms with van der Waals surface area (Å²) in [5.41, 5.74) is 8.91. The summed E-state index contributed by atoms with van der Waals surface area (Å²) >= 11 is 0. The van der Waals surface area contributed by atoms with E-state index < -0.39 is 11.7 Å². The summed E-state index contributed by atoms with van der Waals surface area (Å²) in [6.07, 6.45) is -0.322. The molecule has 3 N–H and O–H groups in total. The molecule has 4 aromatic rings. The van der Waals surface area contributed by atoms with E-state index in [-0.39, 0.29) is 6.54 Å². The summed E-state index contributed by atoms with van der Waals surface area (Å²) in [6.45, 7) is 0.0988. The Morgan fingerprint density at radius 2 is 1.87 bits per heavy atom. The molecule has 0 unspecified atom stereocenters. The molecule has 8 heteroatoms. The number of aromatic nitrogens is 3. The number of ether oxygens (including phenoxy) is 1. The van der Waals surface area contributed by atoms with E-state index >= 15 is 0 Å². The number of nitrogens with one attached hydrogen (secondary N) is 1. The summed E-state index contributed by atoms with van der Waals surface area (Å²) in [5.74, 6) is 0.353. The molecule has 5 nitrogen and oxygen atoms in total. The minimum absolute atomic E-state index is 0.0988. The van der Waals surface area contributed by atoms with E-state index in [4.69, 9.17) is 10.5 Å². The lowest BCUT2D eigenvalue weighted by Crippen LogP contribution is -2.08. The first kappa shape index (κ1) is 19.9. The van der Waals surface area contributed by atoms with Gasteiger partial charge in [0.15, 0.2) is 0 Å². The molecule has 3 heterocycles. The van der Waals surface area contributed by atoms with E-state index in [1.807, 2.05) is 24.4 Å². The Kier molecular flexibility index (Phi) is 5.17. The summed E-state index contributed by atoms with van der Waals surface area (Å²) < 4.78 is 45.0. The molecule has 0 fully saturated rings. The average Bonchev–Trinajstić information content (AvgIpc) is 3.16. The van der Waals surface area contributed by atoms with Gasteiger partial charge >= 0.3 is 6.18 Å². The molecule has 4 rings (SSSR count). The predicted molar refractivity (Wildman–Crippen MR) is 108 cm³/mol. The number of nitrogens with two attached hydrogens (primary N) is 1. The van der Waals surface area contributed by atoms with Crippen LogP contribution in [0.25, 0.3) is 22.3 Å². The first-order valence-electron chi connectivity index (χ1n) is 9.26. The molecule has 154 valence electrons. The molecule has 30 heavy (non-hydrogen) atoms. The Morgan fingerprint density at radius 1 is 1.07 bits per heavy atom. The second kappa shape index (κ2) is 7.79. The Hall–Kier alpha value is -3.39. The molecule has 0 bridgehead atoms. The van der Waals surface area contributed by atoms with Gasteiger partial charge in [0.1, 0.15) is 5.65 Å². The number of aromatic amines is 1. The van der Waals surface area contributed by atoms with Gasteiger partial charge in [-0.15, -0.1) is 0 Å². The summed E-state index contributed by atoms with van der Waals surface area (Å²) in [4.78, 5) is 11.9. The van der Waals surface area contributed by atoms with E-state index in [1.54, 1.807) is 12.3 Å². The van der Waals surface area contributed by atoms with E-state index in [0.29, 0.717) is 29.1 Å². The van der Waals surface area contributed by atoms with Gasteiger partial charge in [-0.3, -0.25) is 0 Å². The van der Waals surface area contributed by atoms with Gasteiger partial charge in [0.2, 0.25) is 5.88 Å². The normalized spacial score (nSPS) is 11.8. The molecule has 0 amide bonds. The van der Waals surface area contributed by atoms with Crippen LogP contribution >= 0.6 is 0 Å². The molecule has 0 saturated heterocycles. The number of benzene rings is 1. The third kappa shape index (κ3) is 3.73. The van der Waals surface area contributed by atoms with Crippen molar-refractivity contribution >= 4 is 11.0 Å². The smallest absolute Gasteiger partial charge is 0.416 e. The number of alkyl halides is 3. The van der Waals surface area contributed by atoms with Gasteiger partial charge in [-0.1, -0.05) is 12.1 Å². The average molecular weight is 412 g/mol. The van der Waals surface area contributed by atoms with E-state index in [1.165, 1.54) is 13.2 Å². The van der Waals surface area contributed by atoms with Crippen molar-refractivity contribution in [3.05, 3.63) is 77.1 Å². The van der Waals surface area contributed by atoms with Gasteiger partial charge < -0.3 is 15.5 Å². The van der Waals surface area contributed by atoms with Crippen molar-refractivity contribution in [1.29, 1.82) is 0 Å². The summed E-state index contributed by atoms with van der Waals surface area (Å²) in [6, 6.07) is 10.8. The molecule has 0 atom stereocenters. The Bertz CT molecular complexity index is 1200. The molecule has 0 saturated carbocycles. The number of halogens is 3. The molecular formula is C22H19F3N4O. The number of fused-ring (bicyclic) bond motifs is 1. The van der Waals surface area contributed by atoms with Gasteiger partial charge in [-0.25, -0.2) is 9.97 Å². The summed E-state index contributed by atoms with van der Waals surface area (Å²) in [5, 5.41) is 0.993. The lowest BCUT2D eigenvalue weighted by atomic mass is 9.99. The zero-order valence-electron chi connectivity index (χ0n) is 16.1. The lowest BCUT2D eigenvalue weighted by Gasteiger charge is -2.14. The standard InChI is InChI=1S/C22H19F3N4O/c1-30-21-13(9-15-12-28-20-17(15)3-2-8-27-20)5-7-19(29-21)18-10-16(22(23,24)25)6-4-14(18)11-26/h2-8,10,12H,9,11,26H2,1H3,(H,27,28). The molecule has 3 aromatic heterocycles. The van der Waals surface area contributed by atoms with Crippen LogP contribution < -0.4 is 10.5 Å². The first-order valence-corrected chi connectivity index (χ1v) is 9.26. The monoisotopic (exact) mass is 412 g/mol. The fraction of sp³-hybridized carbons (Fsp3) is 0.182. The Balaban J connectivity index is 1.74. The van der Waals surface area contributed by atoms with Crippen molar-refractivity contribution in [2.24, 2.45) is 5.73 Å². The SMILES string of the molecule is COc1nc(-c2cc(C(F)(F)F)ccc2CN)ccc1Cc1c[nH]c2ncccc12. The van der Waals surface area contributed by atoms with Gasteiger partial charge in [-0.05, 0) is 41.5 Å². The number of pyridine rings is 2. The minimum Gasteiger partial charge on any atom is -0.481 e. The number of hydrogen-bond donors (Lipinski definition) is 2. The van der Waals surface area contributed by atoms with E-state index in [0.717, 1.165) is 34.3 Å². The zero-order chi connectivity index (χ0) is 21.3. The number of rotatable bonds is 5. The maximum absolute atomic E-state index is 13.2. The lowest BCUT2D eigenvalue weighted by molar-refractivity contribution is -0.137. The van der Waals surface area contributed by atoms with Crippen LogP contribution in [0, 0.1) is 0 Å². The third-order valence-electron chi connectivity index (χ3n) is 4.98. The van der Waals surface area contributed by atoms with Crippen molar-refractivity contribution in [3.63, 3.8) is 0 Å².